The average molecular weight is 619 g/mol. The van der Waals surface area contributed by atoms with E-state index in [9.17, 15) is 19.5 Å². The molecule has 1 aromatic heterocycles. The van der Waals surface area contributed by atoms with Crippen LogP contribution in [0.25, 0.3) is 10.4 Å². The Morgan fingerprint density at radius 1 is 1.09 bits per heavy atom. The van der Waals surface area contributed by atoms with Crippen LogP contribution in [0.3, 0.4) is 0 Å². The third-order valence-electron chi connectivity index (χ3n) is 7.34. The number of rotatable bonds is 17. The van der Waals surface area contributed by atoms with Crippen LogP contribution in [0.1, 0.15) is 44.9 Å². The van der Waals surface area contributed by atoms with Crippen molar-refractivity contribution >= 4 is 28.9 Å². The van der Waals surface area contributed by atoms with Crippen LogP contribution in [0, 0.1) is 18.3 Å². The maximum absolute atomic E-state index is 13.8. The van der Waals surface area contributed by atoms with Crippen LogP contribution in [0.2, 0.25) is 0 Å². The van der Waals surface area contributed by atoms with Gasteiger partial charge in [-0.2, -0.15) is 0 Å². The molecule has 11 nitrogen and oxygen atoms in total. The number of benzene rings is 1. The highest BCUT2D eigenvalue weighted by Gasteiger charge is 2.44. The molecular formula is C31H46N4O7S. The van der Waals surface area contributed by atoms with Gasteiger partial charge in [0, 0.05) is 38.4 Å². The predicted molar refractivity (Wildman–Crippen MR) is 164 cm³/mol. The molecule has 12 heteroatoms. The van der Waals surface area contributed by atoms with Crippen molar-refractivity contribution < 1.29 is 33.7 Å². The zero-order valence-corrected chi connectivity index (χ0v) is 26.5. The van der Waals surface area contributed by atoms with Gasteiger partial charge in [-0.05, 0) is 23.5 Å². The zero-order chi connectivity index (χ0) is 31.4. The molecule has 3 rings (SSSR count). The number of β-amino-alcohol motifs (C(OH)–C–C–N with tert-alkyl or cyclic N) is 1. The summed E-state index contributed by atoms with van der Waals surface area (Å²) in [5.74, 6) is -1.54. The third kappa shape index (κ3) is 10.7. The van der Waals surface area contributed by atoms with Crippen molar-refractivity contribution in [1.82, 2.24) is 15.2 Å². The highest BCUT2D eigenvalue weighted by Crippen LogP contribution is 2.33. The minimum absolute atomic E-state index is 0.0252. The first kappa shape index (κ1) is 34.7. The van der Waals surface area contributed by atoms with E-state index in [-0.39, 0.29) is 50.2 Å². The molecule has 1 fully saturated rings. The summed E-state index contributed by atoms with van der Waals surface area (Å²) in [6, 6.07) is 7.09. The van der Waals surface area contributed by atoms with Crippen molar-refractivity contribution in [3.05, 3.63) is 41.0 Å². The Hall–Kier alpha value is -2.74. The number of carbonyl (C=O) groups excluding carboxylic acids is 3. The average Bonchev–Trinajstić information content (AvgIpc) is 3.58. The van der Waals surface area contributed by atoms with Crippen molar-refractivity contribution in [3.63, 3.8) is 0 Å². The summed E-state index contributed by atoms with van der Waals surface area (Å²) >= 11 is 1.58. The molecule has 0 bridgehead atoms. The van der Waals surface area contributed by atoms with Gasteiger partial charge in [0.2, 0.25) is 11.8 Å². The maximum Gasteiger partial charge on any atom is 0.243 e. The Morgan fingerprint density at radius 2 is 1.74 bits per heavy atom. The van der Waals surface area contributed by atoms with Crippen LogP contribution >= 0.6 is 11.3 Å². The number of hydrogen-bond acceptors (Lipinski definition) is 10. The highest BCUT2D eigenvalue weighted by molar-refractivity contribution is 7.13. The van der Waals surface area contributed by atoms with Gasteiger partial charge in [0.15, 0.2) is 5.78 Å². The Bertz CT molecular complexity index is 1180. The van der Waals surface area contributed by atoms with Crippen LogP contribution in [0.4, 0.5) is 0 Å². The van der Waals surface area contributed by atoms with E-state index in [0.717, 1.165) is 21.7 Å². The zero-order valence-electron chi connectivity index (χ0n) is 25.7. The third-order valence-corrected chi connectivity index (χ3v) is 8.32. The van der Waals surface area contributed by atoms with Gasteiger partial charge in [-0.15, -0.1) is 11.3 Å². The second kappa shape index (κ2) is 16.9. The first-order chi connectivity index (χ1) is 20.5. The van der Waals surface area contributed by atoms with Gasteiger partial charge in [0.25, 0.3) is 0 Å². The number of aliphatic hydroxyl groups excluding tert-OH is 1. The van der Waals surface area contributed by atoms with E-state index in [0.29, 0.717) is 39.5 Å². The monoisotopic (exact) mass is 618 g/mol. The Balaban J connectivity index is 1.52. The van der Waals surface area contributed by atoms with E-state index < -0.39 is 23.5 Å². The molecule has 0 spiro atoms. The summed E-state index contributed by atoms with van der Waals surface area (Å²) in [4.78, 5) is 46.6. The molecule has 238 valence electrons. The van der Waals surface area contributed by atoms with Gasteiger partial charge >= 0.3 is 0 Å². The Morgan fingerprint density at radius 3 is 2.35 bits per heavy atom. The molecule has 3 atom stereocenters. The number of Topliss-reactive ketones (excluding diaryl/α,β-unsaturated/α-hetero) is 1. The Kier molecular flexibility index (Phi) is 13.7. The summed E-state index contributed by atoms with van der Waals surface area (Å²) < 4.78 is 16.1. The standard InChI is InChI=1S/C31H46N4O7S/c1-21-28(43-20-34-21)23-7-5-22(6-8-23)17-33-29(38)27-16-24(36)18-35(27)30(39)26(31(2,3)4)15-25(37)19-42-14-13-41-12-11-40-10-9-32/h5-8,20,24,26-27,36H,9-19,32H2,1-4H3,(H,33,38)/t24-,26-,27+/m1/s1. The predicted octanol–water partition coefficient (Wildman–Crippen LogP) is 2.33. The number of amides is 2. The first-order valence-corrected chi connectivity index (χ1v) is 15.6. The normalized spacial score (nSPS) is 17.7. The van der Waals surface area contributed by atoms with Crippen molar-refractivity contribution in [2.24, 2.45) is 17.1 Å². The van der Waals surface area contributed by atoms with Crippen molar-refractivity contribution in [2.75, 3.05) is 52.7 Å². The Labute approximate surface area is 258 Å². The smallest absolute Gasteiger partial charge is 0.243 e. The number of ketones is 1. The summed E-state index contributed by atoms with van der Waals surface area (Å²) in [5, 5.41) is 13.3. The molecule has 4 N–H and O–H groups in total. The lowest BCUT2D eigenvalue weighted by atomic mass is 9.77. The van der Waals surface area contributed by atoms with Crippen molar-refractivity contribution in [1.29, 1.82) is 0 Å². The molecule has 1 aromatic carbocycles. The van der Waals surface area contributed by atoms with E-state index in [2.05, 4.69) is 10.3 Å². The second-order valence-electron chi connectivity index (χ2n) is 11.8. The molecule has 1 aliphatic heterocycles. The van der Waals surface area contributed by atoms with Crippen LogP contribution < -0.4 is 11.1 Å². The van der Waals surface area contributed by atoms with Gasteiger partial charge in [-0.25, -0.2) is 4.98 Å². The molecule has 1 aliphatic rings. The quantitative estimate of drug-likeness (QED) is 0.227. The SMILES string of the molecule is Cc1ncsc1-c1ccc(CNC(=O)[C@@H]2C[C@@H](O)CN2C(=O)[C@@H](CC(=O)COCCOCCOCCN)C(C)(C)C)cc1. The topological polar surface area (TPSA) is 153 Å². The lowest BCUT2D eigenvalue weighted by Gasteiger charge is -2.34. The van der Waals surface area contributed by atoms with E-state index >= 15 is 0 Å². The number of ether oxygens (including phenoxy) is 3. The summed E-state index contributed by atoms with van der Waals surface area (Å²) in [5.41, 5.74) is 9.58. The van der Waals surface area contributed by atoms with Gasteiger partial charge in [0.1, 0.15) is 12.6 Å². The van der Waals surface area contributed by atoms with Crippen LogP contribution in [-0.2, 0) is 35.1 Å². The number of aryl methyl sites for hydroxylation is 1. The molecule has 43 heavy (non-hydrogen) atoms. The van der Waals surface area contributed by atoms with Gasteiger partial charge in [-0.1, -0.05) is 45.0 Å². The number of carbonyl (C=O) groups is 3. The molecule has 0 radical (unpaired) electrons. The van der Waals surface area contributed by atoms with E-state index in [1.54, 1.807) is 11.3 Å². The van der Waals surface area contributed by atoms with Crippen LogP contribution in [-0.4, -0.2) is 97.5 Å². The number of nitrogens with one attached hydrogen (secondary N) is 1. The number of nitrogens with zero attached hydrogens (tertiary/aromatic N) is 2. The molecule has 2 aromatic rings. The van der Waals surface area contributed by atoms with Crippen LogP contribution in [0.15, 0.2) is 29.8 Å². The molecule has 0 saturated carbocycles. The van der Waals surface area contributed by atoms with Gasteiger partial charge in [0.05, 0.1) is 55.2 Å². The molecule has 1 saturated heterocycles. The number of nitrogens with two attached hydrogens (primary N) is 1. The highest BCUT2D eigenvalue weighted by atomic mass is 32.1. The van der Waals surface area contributed by atoms with Crippen molar-refractivity contribution in [2.45, 2.75) is 59.2 Å². The molecular weight excluding hydrogens is 572 g/mol. The number of thiazole rings is 1. The van der Waals surface area contributed by atoms with E-state index in [4.69, 9.17) is 19.9 Å². The molecule has 2 amide bonds. The molecule has 0 unspecified atom stereocenters. The fraction of sp³-hybridized carbons (Fsp3) is 0.613. The minimum atomic E-state index is -0.818. The fourth-order valence-corrected chi connectivity index (χ4v) is 5.74. The lowest BCUT2D eigenvalue weighted by Crippen LogP contribution is -2.50. The van der Waals surface area contributed by atoms with Crippen molar-refractivity contribution in [3.8, 4) is 10.4 Å². The first-order valence-electron chi connectivity index (χ1n) is 14.7. The summed E-state index contributed by atoms with van der Waals surface area (Å²) in [6.07, 6.45) is -0.698. The summed E-state index contributed by atoms with van der Waals surface area (Å²) in [6.45, 7) is 10.2. The van der Waals surface area contributed by atoms with E-state index in [1.165, 1.54) is 4.90 Å². The largest absolute Gasteiger partial charge is 0.391 e. The molecule has 2 heterocycles. The van der Waals surface area contributed by atoms with Gasteiger partial charge in [-0.3, -0.25) is 14.4 Å². The second-order valence-corrected chi connectivity index (χ2v) is 12.7. The number of aromatic nitrogens is 1. The number of aliphatic hydroxyl groups is 1. The lowest BCUT2D eigenvalue weighted by molar-refractivity contribution is -0.146. The van der Waals surface area contributed by atoms with E-state index in [1.807, 2.05) is 57.5 Å². The molecule has 0 aliphatic carbocycles. The maximum atomic E-state index is 13.8. The fourth-order valence-electron chi connectivity index (χ4n) is 4.93. The van der Waals surface area contributed by atoms with Crippen LogP contribution in [0.5, 0.6) is 0 Å². The number of likely N-dealkylation sites (tertiary alicyclic amines) is 1. The number of hydrogen-bond donors (Lipinski definition) is 3. The van der Waals surface area contributed by atoms with Gasteiger partial charge < -0.3 is 35.3 Å². The summed E-state index contributed by atoms with van der Waals surface area (Å²) in [7, 11) is 0. The minimum Gasteiger partial charge on any atom is -0.391 e.